The molecule has 1 heterocycles. The first-order valence-electron chi connectivity index (χ1n) is 5.58. The summed E-state index contributed by atoms with van der Waals surface area (Å²) in [7, 11) is 0. The number of aryl methyl sites for hydroxylation is 1. The second-order valence-corrected chi connectivity index (χ2v) is 4.37. The van der Waals surface area contributed by atoms with Gasteiger partial charge in [0.15, 0.2) is 5.69 Å². The largest absolute Gasteiger partial charge is 0.491 e. The Morgan fingerprint density at radius 3 is 3.00 bits per heavy atom. The molecule has 1 aromatic carbocycles. The number of halogens is 1. The van der Waals surface area contributed by atoms with E-state index in [0.717, 1.165) is 5.56 Å². The van der Waals surface area contributed by atoms with Crippen LogP contribution in [0.2, 0.25) is 5.02 Å². The Morgan fingerprint density at radius 1 is 1.53 bits per heavy atom. The first-order valence-corrected chi connectivity index (χ1v) is 5.96. The van der Waals surface area contributed by atoms with Gasteiger partial charge in [0, 0.05) is 5.02 Å². The zero-order chi connectivity index (χ0) is 13.8. The Hall–Kier alpha value is -2.08. The zero-order valence-electron chi connectivity index (χ0n) is 10.2. The van der Waals surface area contributed by atoms with Crippen molar-refractivity contribution in [2.45, 2.75) is 13.5 Å². The lowest BCUT2D eigenvalue weighted by Crippen LogP contribution is -2.09. The van der Waals surface area contributed by atoms with Crippen molar-refractivity contribution >= 4 is 17.6 Å². The van der Waals surface area contributed by atoms with Gasteiger partial charge in [-0.15, -0.1) is 5.10 Å². The summed E-state index contributed by atoms with van der Waals surface area (Å²) < 4.78 is 6.99. The summed E-state index contributed by atoms with van der Waals surface area (Å²) >= 11 is 5.88. The van der Waals surface area contributed by atoms with Gasteiger partial charge in [-0.2, -0.15) is 0 Å². The van der Waals surface area contributed by atoms with E-state index < -0.39 is 5.97 Å². The lowest BCUT2D eigenvalue weighted by Gasteiger charge is -2.09. The molecule has 19 heavy (non-hydrogen) atoms. The number of nitrogens with zero attached hydrogens (tertiary/aromatic N) is 3. The normalized spacial score (nSPS) is 10.4. The highest BCUT2D eigenvalue weighted by Crippen LogP contribution is 2.22. The molecular weight excluding hydrogens is 270 g/mol. The number of aromatic carboxylic acids is 1. The van der Waals surface area contributed by atoms with Crippen LogP contribution >= 0.6 is 11.6 Å². The van der Waals surface area contributed by atoms with Gasteiger partial charge < -0.3 is 9.84 Å². The van der Waals surface area contributed by atoms with Crippen LogP contribution in [0, 0.1) is 6.92 Å². The third-order valence-electron chi connectivity index (χ3n) is 2.49. The molecule has 1 aromatic heterocycles. The summed E-state index contributed by atoms with van der Waals surface area (Å²) in [6, 6.07) is 5.40. The van der Waals surface area contributed by atoms with Crippen molar-refractivity contribution < 1.29 is 14.6 Å². The van der Waals surface area contributed by atoms with Crippen molar-refractivity contribution in [3.63, 3.8) is 0 Å². The molecule has 0 saturated heterocycles. The lowest BCUT2D eigenvalue weighted by molar-refractivity contribution is 0.0690. The third kappa shape index (κ3) is 3.45. The fourth-order valence-corrected chi connectivity index (χ4v) is 1.65. The molecule has 1 N–H and O–H groups in total. The van der Waals surface area contributed by atoms with Gasteiger partial charge in [-0.1, -0.05) is 22.9 Å². The van der Waals surface area contributed by atoms with Gasteiger partial charge >= 0.3 is 5.97 Å². The topological polar surface area (TPSA) is 77.2 Å². The number of hydrogen-bond donors (Lipinski definition) is 1. The van der Waals surface area contributed by atoms with Crippen molar-refractivity contribution in [1.29, 1.82) is 0 Å². The minimum absolute atomic E-state index is 0.0843. The summed E-state index contributed by atoms with van der Waals surface area (Å²) in [5.74, 6) is -0.399. The summed E-state index contributed by atoms with van der Waals surface area (Å²) in [4.78, 5) is 10.6. The van der Waals surface area contributed by atoms with Gasteiger partial charge in [0.25, 0.3) is 0 Å². The highest BCUT2D eigenvalue weighted by Gasteiger charge is 2.08. The molecule has 7 heteroatoms. The molecule has 0 fully saturated rings. The van der Waals surface area contributed by atoms with Crippen molar-refractivity contribution in [2.24, 2.45) is 0 Å². The predicted octanol–water partition coefficient (Wildman–Crippen LogP) is 2.02. The van der Waals surface area contributed by atoms with E-state index in [4.69, 9.17) is 21.4 Å². The van der Waals surface area contributed by atoms with Crippen LogP contribution in [-0.4, -0.2) is 32.7 Å². The Bertz CT molecular complexity index is 598. The van der Waals surface area contributed by atoms with Gasteiger partial charge in [-0.25, -0.2) is 9.48 Å². The van der Waals surface area contributed by atoms with E-state index in [1.165, 1.54) is 10.9 Å². The van der Waals surface area contributed by atoms with Crippen molar-refractivity contribution in [2.75, 3.05) is 6.61 Å². The average Bonchev–Trinajstić information content (AvgIpc) is 2.82. The molecule has 0 aliphatic rings. The minimum atomic E-state index is -1.10. The summed E-state index contributed by atoms with van der Waals surface area (Å²) in [6.45, 7) is 2.68. The molecule has 2 aromatic rings. The minimum Gasteiger partial charge on any atom is -0.491 e. The van der Waals surface area contributed by atoms with Crippen LogP contribution in [0.15, 0.2) is 24.4 Å². The van der Waals surface area contributed by atoms with E-state index in [2.05, 4.69) is 10.3 Å². The van der Waals surface area contributed by atoms with E-state index in [-0.39, 0.29) is 5.69 Å². The molecule has 0 amide bonds. The fraction of sp³-hybridized carbons (Fsp3) is 0.250. The SMILES string of the molecule is Cc1ccc(Cl)cc1OCCn1cc(C(=O)O)nn1. The smallest absolute Gasteiger partial charge is 0.358 e. The number of carbonyl (C=O) groups is 1. The molecule has 0 saturated carbocycles. The number of carboxylic acids is 1. The maximum atomic E-state index is 10.6. The maximum Gasteiger partial charge on any atom is 0.358 e. The number of ether oxygens (including phenoxy) is 1. The van der Waals surface area contributed by atoms with Crippen molar-refractivity contribution in [3.8, 4) is 5.75 Å². The highest BCUT2D eigenvalue weighted by atomic mass is 35.5. The Morgan fingerprint density at radius 2 is 2.32 bits per heavy atom. The lowest BCUT2D eigenvalue weighted by atomic mass is 10.2. The number of benzene rings is 1. The van der Waals surface area contributed by atoms with Crippen LogP contribution in [0.5, 0.6) is 5.75 Å². The van der Waals surface area contributed by atoms with Gasteiger partial charge in [0.2, 0.25) is 0 Å². The predicted molar refractivity (Wildman–Crippen MR) is 68.7 cm³/mol. The number of hydrogen-bond acceptors (Lipinski definition) is 4. The van der Waals surface area contributed by atoms with E-state index in [0.29, 0.717) is 23.9 Å². The van der Waals surface area contributed by atoms with Gasteiger partial charge in [-0.3, -0.25) is 0 Å². The molecule has 0 atom stereocenters. The Balaban J connectivity index is 1.92. The number of carboxylic acid groups (broad SMARTS) is 1. The van der Waals surface area contributed by atoms with Gasteiger partial charge in [0.1, 0.15) is 12.4 Å². The van der Waals surface area contributed by atoms with Crippen LogP contribution in [-0.2, 0) is 6.54 Å². The molecule has 0 aliphatic heterocycles. The first-order chi connectivity index (χ1) is 9.06. The molecule has 0 radical (unpaired) electrons. The quantitative estimate of drug-likeness (QED) is 0.907. The summed E-state index contributed by atoms with van der Waals surface area (Å²) in [5.41, 5.74) is 0.896. The van der Waals surface area contributed by atoms with Crippen LogP contribution < -0.4 is 4.74 Å². The van der Waals surface area contributed by atoms with E-state index in [9.17, 15) is 4.79 Å². The van der Waals surface area contributed by atoms with E-state index in [1.54, 1.807) is 12.1 Å². The Labute approximate surface area is 114 Å². The molecule has 2 rings (SSSR count). The highest BCUT2D eigenvalue weighted by molar-refractivity contribution is 6.30. The van der Waals surface area contributed by atoms with Crippen LogP contribution in [0.4, 0.5) is 0 Å². The van der Waals surface area contributed by atoms with Crippen LogP contribution in [0.3, 0.4) is 0 Å². The van der Waals surface area contributed by atoms with Gasteiger partial charge in [0.05, 0.1) is 12.7 Å². The average molecular weight is 282 g/mol. The van der Waals surface area contributed by atoms with Crippen molar-refractivity contribution in [1.82, 2.24) is 15.0 Å². The van der Waals surface area contributed by atoms with Crippen LogP contribution in [0.1, 0.15) is 16.1 Å². The second-order valence-electron chi connectivity index (χ2n) is 3.93. The first kappa shape index (κ1) is 13.4. The monoisotopic (exact) mass is 281 g/mol. The molecule has 0 bridgehead atoms. The number of rotatable bonds is 5. The molecular formula is C12H12ClN3O3. The Kier molecular flexibility index (Phi) is 4.01. The zero-order valence-corrected chi connectivity index (χ0v) is 11.0. The number of aromatic nitrogens is 3. The van der Waals surface area contributed by atoms with Crippen LogP contribution in [0.25, 0.3) is 0 Å². The van der Waals surface area contributed by atoms with E-state index >= 15 is 0 Å². The molecule has 0 unspecified atom stereocenters. The maximum absolute atomic E-state index is 10.6. The van der Waals surface area contributed by atoms with Crippen molar-refractivity contribution in [3.05, 3.63) is 40.7 Å². The fourth-order valence-electron chi connectivity index (χ4n) is 1.48. The standard InChI is InChI=1S/C12H12ClN3O3/c1-8-2-3-9(13)6-11(8)19-5-4-16-7-10(12(17)18)14-15-16/h2-3,6-7H,4-5H2,1H3,(H,17,18). The van der Waals surface area contributed by atoms with E-state index in [1.807, 2.05) is 13.0 Å². The summed E-state index contributed by atoms with van der Waals surface area (Å²) in [5, 5.41) is 16.5. The van der Waals surface area contributed by atoms with Gasteiger partial charge in [-0.05, 0) is 24.6 Å². The summed E-state index contributed by atoms with van der Waals surface area (Å²) in [6.07, 6.45) is 1.36. The molecule has 0 spiro atoms. The third-order valence-corrected chi connectivity index (χ3v) is 2.72. The second kappa shape index (κ2) is 5.71. The molecule has 100 valence electrons. The molecule has 0 aliphatic carbocycles. The molecule has 6 nitrogen and oxygen atoms in total.